The van der Waals surface area contributed by atoms with E-state index in [0.717, 1.165) is 25.9 Å². The SMILES string of the molecule is CCCCCCCN1CCC(=O)C(CC)C1. The third kappa shape index (κ3) is 4.65. The Morgan fingerprint density at radius 3 is 2.62 bits per heavy atom. The quantitative estimate of drug-likeness (QED) is 0.620. The molecule has 1 rings (SSSR count). The van der Waals surface area contributed by atoms with Crippen molar-refractivity contribution in [2.45, 2.75) is 58.8 Å². The number of nitrogens with zero attached hydrogens (tertiary/aromatic N) is 1. The van der Waals surface area contributed by atoms with Crippen molar-refractivity contribution < 1.29 is 4.79 Å². The zero-order chi connectivity index (χ0) is 11.8. The molecule has 1 unspecified atom stereocenters. The lowest BCUT2D eigenvalue weighted by atomic mass is 9.94. The van der Waals surface area contributed by atoms with Crippen LogP contribution in [0.3, 0.4) is 0 Å². The van der Waals surface area contributed by atoms with Crippen LogP contribution < -0.4 is 0 Å². The van der Waals surface area contributed by atoms with Crippen molar-refractivity contribution in [1.82, 2.24) is 4.90 Å². The van der Waals surface area contributed by atoms with Gasteiger partial charge >= 0.3 is 0 Å². The minimum Gasteiger partial charge on any atom is -0.302 e. The zero-order valence-corrected chi connectivity index (χ0v) is 11.0. The van der Waals surface area contributed by atoms with Crippen LogP contribution in [0.5, 0.6) is 0 Å². The predicted octanol–water partition coefficient (Wildman–Crippen LogP) is 3.26. The molecule has 2 nitrogen and oxygen atoms in total. The summed E-state index contributed by atoms with van der Waals surface area (Å²) in [5.41, 5.74) is 0. The van der Waals surface area contributed by atoms with E-state index in [1.165, 1.54) is 38.6 Å². The van der Waals surface area contributed by atoms with E-state index in [1.807, 2.05) is 0 Å². The van der Waals surface area contributed by atoms with E-state index in [1.54, 1.807) is 0 Å². The average Bonchev–Trinajstić information content (AvgIpc) is 2.31. The van der Waals surface area contributed by atoms with Gasteiger partial charge in [-0.1, -0.05) is 39.5 Å². The molecule has 1 fully saturated rings. The molecule has 0 bridgehead atoms. The second-order valence-electron chi connectivity index (χ2n) is 5.04. The summed E-state index contributed by atoms with van der Waals surface area (Å²) < 4.78 is 0. The van der Waals surface area contributed by atoms with Gasteiger partial charge in [-0.05, 0) is 19.4 Å². The van der Waals surface area contributed by atoms with Crippen LogP contribution in [0.25, 0.3) is 0 Å². The second-order valence-corrected chi connectivity index (χ2v) is 5.04. The fraction of sp³-hybridized carbons (Fsp3) is 0.929. The fourth-order valence-electron chi connectivity index (χ4n) is 2.48. The van der Waals surface area contributed by atoms with Crippen molar-refractivity contribution >= 4 is 5.78 Å². The maximum absolute atomic E-state index is 11.6. The largest absolute Gasteiger partial charge is 0.302 e. The summed E-state index contributed by atoms with van der Waals surface area (Å²) in [5, 5.41) is 0. The molecule has 0 amide bonds. The highest BCUT2D eigenvalue weighted by Gasteiger charge is 2.24. The predicted molar refractivity (Wildman–Crippen MR) is 68.6 cm³/mol. The Hall–Kier alpha value is -0.370. The third-order valence-corrected chi connectivity index (χ3v) is 3.68. The first-order valence-electron chi connectivity index (χ1n) is 7.03. The van der Waals surface area contributed by atoms with E-state index in [4.69, 9.17) is 0 Å². The molecule has 0 radical (unpaired) electrons. The van der Waals surface area contributed by atoms with Crippen molar-refractivity contribution in [1.29, 1.82) is 0 Å². The smallest absolute Gasteiger partial charge is 0.138 e. The molecule has 0 aromatic heterocycles. The van der Waals surface area contributed by atoms with E-state index in [2.05, 4.69) is 18.7 Å². The number of hydrogen-bond donors (Lipinski definition) is 0. The van der Waals surface area contributed by atoms with Crippen molar-refractivity contribution in [3.8, 4) is 0 Å². The maximum Gasteiger partial charge on any atom is 0.138 e. The molecule has 0 saturated carbocycles. The molecule has 94 valence electrons. The number of ketones is 1. The van der Waals surface area contributed by atoms with Crippen molar-refractivity contribution in [3.05, 3.63) is 0 Å². The molecule has 0 spiro atoms. The van der Waals surface area contributed by atoms with E-state index in [0.29, 0.717) is 11.7 Å². The average molecular weight is 225 g/mol. The number of likely N-dealkylation sites (tertiary alicyclic amines) is 1. The molecule has 0 N–H and O–H groups in total. The highest BCUT2D eigenvalue weighted by atomic mass is 16.1. The molecule has 0 aromatic rings. The van der Waals surface area contributed by atoms with Gasteiger partial charge in [-0.3, -0.25) is 4.79 Å². The highest BCUT2D eigenvalue weighted by Crippen LogP contribution is 2.16. The molecule has 16 heavy (non-hydrogen) atoms. The number of carbonyl (C=O) groups is 1. The summed E-state index contributed by atoms with van der Waals surface area (Å²) in [7, 11) is 0. The Bertz CT molecular complexity index is 203. The molecule has 1 aliphatic heterocycles. The Labute approximate surface area is 100 Å². The van der Waals surface area contributed by atoms with Crippen LogP contribution in [-0.4, -0.2) is 30.3 Å². The second kappa shape index (κ2) is 7.83. The number of carbonyl (C=O) groups excluding carboxylic acids is 1. The standard InChI is InChI=1S/C14H27NO/c1-3-5-6-7-8-10-15-11-9-14(16)13(4-2)12-15/h13H,3-12H2,1-2H3. The van der Waals surface area contributed by atoms with Gasteiger partial charge in [0.25, 0.3) is 0 Å². The lowest BCUT2D eigenvalue weighted by Gasteiger charge is -2.31. The van der Waals surface area contributed by atoms with E-state index < -0.39 is 0 Å². The van der Waals surface area contributed by atoms with Gasteiger partial charge in [0.05, 0.1) is 0 Å². The van der Waals surface area contributed by atoms with Crippen LogP contribution in [0.15, 0.2) is 0 Å². The first-order chi connectivity index (χ1) is 7.77. The molecule has 1 aliphatic rings. The Kier molecular flexibility index (Phi) is 6.70. The highest BCUT2D eigenvalue weighted by molar-refractivity contribution is 5.82. The first-order valence-corrected chi connectivity index (χ1v) is 7.03. The van der Waals surface area contributed by atoms with Gasteiger partial charge in [0.1, 0.15) is 5.78 Å². The van der Waals surface area contributed by atoms with Gasteiger partial charge in [0.2, 0.25) is 0 Å². The molecule has 2 heteroatoms. The van der Waals surface area contributed by atoms with Gasteiger partial charge in [0.15, 0.2) is 0 Å². The van der Waals surface area contributed by atoms with Gasteiger partial charge in [-0.2, -0.15) is 0 Å². The molecular formula is C14H27NO. The summed E-state index contributed by atoms with van der Waals surface area (Å²) in [5.74, 6) is 0.814. The van der Waals surface area contributed by atoms with E-state index >= 15 is 0 Å². The van der Waals surface area contributed by atoms with Crippen LogP contribution in [0.1, 0.15) is 58.8 Å². The maximum atomic E-state index is 11.6. The van der Waals surface area contributed by atoms with Gasteiger partial charge in [-0.15, -0.1) is 0 Å². The number of Topliss-reactive ketones (excluding diaryl/α,β-unsaturated/α-hetero) is 1. The van der Waals surface area contributed by atoms with Gasteiger partial charge in [-0.25, -0.2) is 0 Å². The molecule has 1 saturated heterocycles. The monoisotopic (exact) mass is 225 g/mol. The molecule has 0 aromatic carbocycles. The summed E-state index contributed by atoms with van der Waals surface area (Å²) >= 11 is 0. The fourth-order valence-corrected chi connectivity index (χ4v) is 2.48. The lowest BCUT2D eigenvalue weighted by Crippen LogP contribution is -2.40. The summed E-state index contributed by atoms with van der Waals surface area (Å²) in [4.78, 5) is 14.0. The van der Waals surface area contributed by atoms with Crippen LogP contribution >= 0.6 is 0 Å². The minimum atomic E-state index is 0.324. The van der Waals surface area contributed by atoms with Crippen LogP contribution in [0.2, 0.25) is 0 Å². The Morgan fingerprint density at radius 2 is 1.94 bits per heavy atom. The topological polar surface area (TPSA) is 20.3 Å². The summed E-state index contributed by atoms with van der Waals surface area (Å²) in [6.45, 7) is 7.61. The summed E-state index contributed by atoms with van der Waals surface area (Å²) in [6.07, 6.45) is 8.53. The van der Waals surface area contributed by atoms with Crippen molar-refractivity contribution in [2.24, 2.45) is 5.92 Å². The number of piperidine rings is 1. The van der Waals surface area contributed by atoms with E-state index in [9.17, 15) is 4.79 Å². The first kappa shape index (κ1) is 13.7. The minimum absolute atomic E-state index is 0.324. The van der Waals surface area contributed by atoms with Gasteiger partial charge < -0.3 is 4.90 Å². The lowest BCUT2D eigenvalue weighted by molar-refractivity contribution is -0.126. The van der Waals surface area contributed by atoms with Gasteiger partial charge in [0, 0.05) is 25.4 Å². The summed E-state index contributed by atoms with van der Waals surface area (Å²) in [6, 6.07) is 0. The molecule has 1 heterocycles. The number of unbranched alkanes of at least 4 members (excludes halogenated alkanes) is 4. The van der Waals surface area contributed by atoms with Crippen molar-refractivity contribution in [3.63, 3.8) is 0 Å². The van der Waals surface area contributed by atoms with E-state index in [-0.39, 0.29) is 0 Å². The molecular weight excluding hydrogens is 198 g/mol. The van der Waals surface area contributed by atoms with Crippen LogP contribution in [-0.2, 0) is 4.79 Å². The van der Waals surface area contributed by atoms with Crippen LogP contribution in [0, 0.1) is 5.92 Å². The zero-order valence-electron chi connectivity index (χ0n) is 11.0. The molecule has 0 aliphatic carbocycles. The number of hydrogen-bond acceptors (Lipinski definition) is 2. The van der Waals surface area contributed by atoms with Crippen molar-refractivity contribution in [2.75, 3.05) is 19.6 Å². The Balaban J connectivity index is 2.11. The molecule has 1 atom stereocenters. The Morgan fingerprint density at radius 1 is 1.19 bits per heavy atom. The van der Waals surface area contributed by atoms with Crippen LogP contribution in [0.4, 0.5) is 0 Å². The number of rotatable bonds is 7. The third-order valence-electron chi connectivity index (χ3n) is 3.68. The normalized spacial score (nSPS) is 22.6.